The molecule has 0 spiro atoms. The van der Waals surface area contributed by atoms with Gasteiger partial charge in [-0.05, 0) is 19.1 Å². The van der Waals surface area contributed by atoms with Crippen LogP contribution >= 0.6 is 0 Å². The van der Waals surface area contributed by atoms with Crippen LogP contribution in [-0.2, 0) is 4.79 Å². The van der Waals surface area contributed by atoms with Gasteiger partial charge in [-0.25, -0.2) is 22.2 Å². The molecule has 0 bridgehead atoms. The Morgan fingerprint density at radius 1 is 1.29 bits per heavy atom. The van der Waals surface area contributed by atoms with Crippen molar-refractivity contribution in [3.05, 3.63) is 59.6 Å². The molecule has 0 radical (unpaired) electrons. The maximum absolute atomic E-state index is 13.4. The molecular formula is C18H15F4N5O. The van der Waals surface area contributed by atoms with Crippen molar-refractivity contribution in [1.82, 2.24) is 20.0 Å². The van der Waals surface area contributed by atoms with Crippen LogP contribution in [0, 0.1) is 11.6 Å². The third-order valence-electron chi connectivity index (χ3n) is 4.65. The number of hydrogen-bond donors (Lipinski definition) is 2. The normalized spacial score (nSPS) is 18.7. The van der Waals surface area contributed by atoms with Gasteiger partial charge in [-0.15, -0.1) is 0 Å². The van der Waals surface area contributed by atoms with Gasteiger partial charge in [-0.3, -0.25) is 9.89 Å². The summed E-state index contributed by atoms with van der Waals surface area (Å²) in [7, 11) is 0. The molecule has 2 heterocycles. The SMILES string of the molecule is C[C@H](C(=O)Nc1cc([C@@H]2CC2(F)F)n[nH]1)c1cnn(-c2cc(F)cc(F)c2)c1. The molecule has 4 rings (SSSR count). The highest BCUT2D eigenvalue weighted by molar-refractivity contribution is 5.94. The molecule has 1 saturated carbocycles. The van der Waals surface area contributed by atoms with E-state index < -0.39 is 35.3 Å². The summed E-state index contributed by atoms with van der Waals surface area (Å²) in [6.45, 7) is 1.62. The summed E-state index contributed by atoms with van der Waals surface area (Å²) in [5.41, 5.74) is 0.893. The number of benzene rings is 1. The first kappa shape index (κ1) is 18.2. The lowest BCUT2D eigenvalue weighted by atomic mass is 10.0. The number of aromatic nitrogens is 4. The Morgan fingerprint density at radius 2 is 1.96 bits per heavy atom. The number of nitrogens with zero attached hydrogens (tertiary/aromatic N) is 3. The van der Waals surface area contributed by atoms with Gasteiger partial charge < -0.3 is 5.32 Å². The molecular weight excluding hydrogens is 378 g/mol. The van der Waals surface area contributed by atoms with Crippen molar-refractivity contribution in [2.75, 3.05) is 5.32 Å². The van der Waals surface area contributed by atoms with Gasteiger partial charge in [0.15, 0.2) is 0 Å². The van der Waals surface area contributed by atoms with Crippen LogP contribution in [0.5, 0.6) is 0 Å². The molecule has 1 fully saturated rings. The Morgan fingerprint density at radius 3 is 2.61 bits per heavy atom. The number of carbonyl (C=O) groups excluding carboxylic acids is 1. The summed E-state index contributed by atoms with van der Waals surface area (Å²) in [5, 5.41) is 12.9. The smallest absolute Gasteiger partial charge is 0.257 e. The summed E-state index contributed by atoms with van der Waals surface area (Å²) in [6, 6.07) is 4.37. The van der Waals surface area contributed by atoms with E-state index in [4.69, 9.17) is 0 Å². The molecule has 0 saturated heterocycles. The van der Waals surface area contributed by atoms with Crippen molar-refractivity contribution >= 4 is 11.7 Å². The minimum Gasteiger partial charge on any atom is -0.311 e. The Hall–Kier alpha value is -3.17. The number of nitrogens with one attached hydrogen (secondary N) is 2. The van der Waals surface area contributed by atoms with Gasteiger partial charge in [-0.1, -0.05) is 0 Å². The predicted molar refractivity (Wildman–Crippen MR) is 91.4 cm³/mol. The van der Waals surface area contributed by atoms with Gasteiger partial charge in [-0.2, -0.15) is 10.2 Å². The highest BCUT2D eigenvalue weighted by Crippen LogP contribution is 2.55. The van der Waals surface area contributed by atoms with Crippen LogP contribution in [0.3, 0.4) is 0 Å². The zero-order valence-electron chi connectivity index (χ0n) is 14.6. The van der Waals surface area contributed by atoms with Crippen LogP contribution in [0.2, 0.25) is 0 Å². The number of amides is 1. The van der Waals surface area contributed by atoms with Gasteiger partial charge in [0.2, 0.25) is 5.91 Å². The first-order valence-corrected chi connectivity index (χ1v) is 8.48. The minimum absolute atomic E-state index is 0.180. The van der Waals surface area contributed by atoms with Crippen molar-refractivity contribution in [2.24, 2.45) is 0 Å². The summed E-state index contributed by atoms with van der Waals surface area (Å²) in [6.07, 6.45) is 2.65. The van der Waals surface area contributed by atoms with Crippen molar-refractivity contribution in [2.45, 2.75) is 31.1 Å². The number of H-pyrrole nitrogens is 1. The van der Waals surface area contributed by atoms with E-state index in [1.807, 2.05) is 0 Å². The molecule has 28 heavy (non-hydrogen) atoms. The fourth-order valence-electron chi connectivity index (χ4n) is 2.88. The fourth-order valence-corrected chi connectivity index (χ4v) is 2.88. The number of rotatable bonds is 5. The Balaban J connectivity index is 1.45. The van der Waals surface area contributed by atoms with Gasteiger partial charge >= 0.3 is 0 Å². The summed E-state index contributed by atoms with van der Waals surface area (Å²) >= 11 is 0. The number of halogens is 4. The highest BCUT2D eigenvalue weighted by Gasteiger charge is 2.58. The van der Waals surface area contributed by atoms with E-state index in [-0.39, 0.29) is 23.6 Å². The van der Waals surface area contributed by atoms with Crippen LogP contribution in [-0.4, -0.2) is 31.8 Å². The number of anilines is 1. The molecule has 1 aliphatic rings. The van der Waals surface area contributed by atoms with E-state index in [0.29, 0.717) is 5.56 Å². The van der Waals surface area contributed by atoms with E-state index >= 15 is 0 Å². The average Bonchev–Trinajstić information content (AvgIpc) is 3.01. The van der Waals surface area contributed by atoms with Crippen LogP contribution in [0.15, 0.2) is 36.7 Å². The highest BCUT2D eigenvalue weighted by atomic mass is 19.3. The lowest BCUT2D eigenvalue weighted by Crippen LogP contribution is -2.18. The molecule has 10 heteroatoms. The Kier molecular flexibility index (Phi) is 4.20. The molecule has 2 aromatic heterocycles. The van der Waals surface area contributed by atoms with Gasteiger partial charge in [0.05, 0.1) is 29.4 Å². The summed E-state index contributed by atoms with van der Waals surface area (Å²) in [5.74, 6) is -5.99. The van der Waals surface area contributed by atoms with Gasteiger partial charge in [0, 0.05) is 30.3 Å². The van der Waals surface area contributed by atoms with E-state index in [0.717, 1.165) is 18.2 Å². The summed E-state index contributed by atoms with van der Waals surface area (Å²) in [4.78, 5) is 12.4. The second kappa shape index (κ2) is 6.47. The lowest BCUT2D eigenvalue weighted by Gasteiger charge is -2.08. The summed E-state index contributed by atoms with van der Waals surface area (Å²) < 4.78 is 54.2. The van der Waals surface area contributed by atoms with Crippen molar-refractivity contribution < 1.29 is 22.4 Å². The topological polar surface area (TPSA) is 75.6 Å². The van der Waals surface area contributed by atoms with Crippen LogP contribution < -0.4 is 5.32 Å². The largest absolute Gasteiger partial charge is 0.311 e. The third kappa shape index (κ3) is 3.49. The van der Waals surface area contributed by atoms with Gasteiger partial charge in [0.25, 0.3) is 5.92 Å². The zero-order chi connectivity index (χ0) is 20.1. The molecule has 2 atom stereocenters. The monoisotopic (exact) mass is 393 g/mol. The molecule has 1 aliphatic carbocycles. The first-order chi connectivity index (χ1) is 13.2. The number of aromatic amines is 1. The lowest BCUT2D eigenvalue weighted by molar-refractivity contribution is -0.117. The average molecular weight is 393 g/mol. The Labute approximate surface area is 156 Å². The van der Waals surface area contributed by atoms with E-state index in [1.165, 1.54) is 23.1 Å². The quantitative estimate of drug-likeness (QED) is 0.649. The fraction of sp³-hybridized carbons (Fsp3) is 0.278. The van der Waals surface area contributed by atoms with Crippen molar-refractivity contribution in [1.29, 1.82) is 0 Å². The van der Waals surface area contributed by atoms with E-state index in [9.17, 15) is 22.4 Å². The zero-order valence-corrected chi connectivity index (χ0v) is 14.6. The van der Waals surface area contributed by atoms with Crippen molar-refractivity contribution in [3.8, 4) is 5.69 Å². The van der Waals surface area contributed by atoms with Gasteiger partial charge in [0.1, 0.15) is 17.5 Å². The molecule has 3 aromatic rings. The number of alkyl halides is 2. The van der Waals surface area contributed by atoms with E-state index in [2.05, 4.69) is 20.6 Å². The Bertz CT molecular complexity index is 1020. The second-order valence-corrected chi connectivity index (χ2v) is 6.78. The molecule has 146 valence electrons. The number of carbonyl (C=O) groups is 1. The third-order valence-corrected chi connectivity index (χ3v) is 4.65. The standard InChI is InChI=1S/C18H15F4N5O/c1-9(10-7-23-27(8-10)13-3-11(19)2-12(20)4-13)17(28)24-16-5-15(25-26-16)14-6-18(14,21)22/h2-5,7-9,14H,6H2,1H3,(H2,24,25,26,28)/t9-,14-/m0/s1. The van der Waals surface area contributed by atoms with Crippen LogP contribution in [0.4, 0.5) is 23.4 Å². The van der Waals surface area contributed by atoms with Crippen LogP contribution in [0.1, 0.15) is 36.4 Å². The molecule has 6 nitrogen and oxygen atoms in total. The maximum Gasteiger partial charge on any atom is 0.257 e. The molecule has 2 N–H and O–H groups in total. The second-order valence-electron chi connectivity index (χ2n) is 6.78. The van der Waals surface area contributed by atoms with Crippen LogP contribution in [0.25, 0.3) is 5.69 Å². The molecule has 1 amide bonds. The predicted octanol–water partition coefficient (Wildman–Crippen LogP) is 3.74. The van der Waals surface area contributed by atoms with E-state index in [1.54, 1.807) is 6.92 Å². The molecule has 0 aliphatic heterocycles. The molecule has 1 aromatic carbocycles. The number of hydrogen-bond acceptors (Lipinski definition) is 3. The van der Waals surface area contributed by atoms with Crippen molar-refractivity contribution in [3.63, 3.8) is 0 Å². The molecule has 0 unspecified atom stereocenters. The first-order valence-electron chi connectivity index (χ1n) is 8.48. The minimum atomic E-state index is -2.74. The maximum atomic E-state index is 13.4.